The Morgan fingerprint density at radius 3 is 2.67 bits per heavy atom. The van der Waals surface area contributed by atoms with Crippen molar-refractivity contribution in [3.05, 3.63) is 24.3 Å². The lowest BCUT2D eigenvalue weighted by Gasteiger charge is -2.02. The van der Waals surface area contributed by atoms with E-state index in [0.29, 0.717) is 10.6 Å². The second-order valence-corrected chi connectivity index (χ2v) is 3.82. The van der Waals surface area contributed by atoms with Crippen LogP contribution in [0, 0.1) is 0 Å². The average molecular weight is 187 g/mol. The molecule has 0 fully saturated rings. The molecule has 1 rings (SSSR count). The standard InChI is InChI=1S/C8H10FNOS/c9-5-6-12(11)8-4-2-1-3-7(8)10/h1-4H,5-6,10H2. The zero-order chi connectivity index (χ0) is 8.97. The summed E-state index contributed by atoms with van der Waals surface area (Å²) in [6, 6.07) is 6.81. The molecule has 2 nitrogen and oxygen atoms in total. The number of nitrogen functional groups attached to an aromatic ring is 1. The highest BCUT2D eigenvalue weighted by Gasteiger charge is 2.05. The van der Waals surface area contributed by atoms with Crippen LogP contribution in [-0.4, -0.2) is 16.6 Å². The maximum atomic E-state index is 11.8. The Kier molecular flexibility index (Phi) is 3.22. The lowest BCUT2D eigenvalue weighted by molar-refractivity contribution is 0.528. The van der Waals surface area contributed by atoms with E-state index in [4.69, 9.17) is 5.73 Å². The lowest BCUT2D eigenvalue weighted by atomic mass is 10.3. The van der Waals surface area contributed by atoms with Crippen LogP contribution in [-0.2, 0) is 10.8 Å². The zero-order valence-corrected chi connectivity index (χ0v) is 7.31. The van der Waals surface area contributed by atoms with E-state index in [0.717, 1.165) is 0 Å². The molecule has 12 heavy (non-hydrogen) atoms. The summed E-state index contributed by atoms with van der Waals surface area (Å²) in [5.74, 6) is 0.0220. The third kappa shape index (κ3) is 2.04. The Balaban J connectivity index is 2.87. The SMILES string of the molecule is Nc1ccccc1S(=O)CCF. The minimum Gasteiger partial charge on any atom is -0.398 e. The molecule has 66 valence electrons. The first-order valence-corrected chi connectivity index (χ1v) is 4.86. The Morgan fingerprint density at radius 2 is 2.08 bits per heavy atom. The van der Waals surface area contributed by atoms with Crippen molar-refractivity contribution in [1.82, 2.24) is 0 Å². The van der Waals surface area contributed by atoms with Crippen molar-refractivity contribution in [2.24, 2.45) is 0 Å². The molecule has 0 saturated heterocycles. The summed E-state index contributed by atoms with van der Waals surface area (Å²) < 4.78 is 23.1. The van der Waals surface area contributed by atoms with Crippen LogP contribution in [0.1, 0.15) is 0 Å². The van der Waals surface area contributed by atoms with Crippen molar-refractivity contribution < 1.29 is 8.60 Å². The molecule has 1 aromatic carbocycles. The molecular formula is C8H10FNOS. The third-order valence-corrected chi connectivity index (χ3v) is 2.81. The van der Waals surface area contributed by atoms with Crippen molar-refractivity contribution >= 4 is 16.5 Å². The summed E-state index contributed by atoms with van der Waals surface area (Å²) in [4.78, 5) is 0.523. The van der Waals surface area contributed by atoms with Gasteiger partial charge in [-0.25, -0.2) is 0 Å². The highest BCUT2D eigenvalue weighted by molar-refractivity contribution is 7.85. The van der Waals surface area contributed by atoms with Gasteiger partial charge in [0.05, 0.1) is 21.4 Å². The quantitative estimate of drug-likeness (QED) is 0.726. The van der Waals surface area contributed by atoms with E-state index in [2.05, 4.69) is 0 Å². The first-order valence-electron chi connectivity index (χ1n) is 3.54. The summed E-state index contributed by atoms with van der Waals surface area (Å²) in [5, 5.41) is 0. The van der Waals surface area contributed by atoms with E-state index < -0.39 is 17.5 Å². The van der Waals surface area contributed by atoms with Crippen molar-refractivity contribution in [1.29, 1.82) is 0 Å². The van der Waals surface area contributed by atoms with Crippen LogP contribution >= 0.6 is 0 Å². The van der Waals surface area contributed by atoms with Crippen LogP contribution in [0.3, 0.4) is 0 Å². The van der Waals surface area contributed by atoms with Crippen molar-refractivity contribution in [2.75, 3.05) is 18.2 Å². The summed E-state index contributed by atoms with van der Waals surface area (Å²) in [6.45, 7) is -0.582. The Morgan fingerprint density at radius 1 is 1.42 bits per heavy atom. The van der Waals surface area contributed by atoms with Gasteiger partial charge in [-0.2, -0.15) is 0 Å². The normalized spacial score (nSPS) is 12.8. The van der Waals surface area contributed by atoms with E-state index in [1.807, 2.05) is 0 Å². The maximum Gasteiger partial charge on any atom is 0.101 e. The number of para-hydroxylation sites is 1. The molecule has 0 heterocycles. The number of hydrogen-bond acceptors (Lipinski definition) is 2. The van der Waals surface area contributed by atoms with Gasteiger partial charge in [-0.05, 0) is 12.1 Å². The molecule has 0 bridgehead atoms. The molecule has 4 heteroatoms. The van der Waals surface area contributed by atoms with Crippen molar-refractivity contribution in [2.45, 2.75) is 4.90 Å². The van der Waals surface area contributed by atoms with Crippen LogP contribution in [0.5, 0.6) is 0 Å². The van der Waals surface area contributed by atoms with E-state index in [9.17, 15) is 8.60 Å². The molecule has 1 aromatic rings. The molecule has 0 aromatic heterocycles. The molecule has 2 N–H and O–H groups in total. The molecule has 1 atom stereocenters. The van der Waals surface area contributed by atoms with Gasteiger partial charge in [0.25, 0.3) is 0 Å². The largest absolute Gasteiger partial charge is 0.398 e. The summed E-state index contributed by atoms with van der Waals surface area (Å²) in [7, 11) is -1.30. The number of alkyl halides is 1. The number of hydrogen-bond donors (Lipinski definition) is 1. The van der Waals surface area contributed by atoms with Gasteiger partial charge in [0, 0.05) is 5.69 Å². The maximum absolute atomic E-state index is 11.8. The lowest BCUT2D eigenvalue weighted by Crippen LogP contribution is -2.02. The zero-order valence-electron chi connectivity index (χ0n) is 6.50. The molecule has 0 radical (unpaired) electrons. The fourth-order valence-corrected chi connectivity index (χ4v) is 1.79. The Hall–Kier alpha value is -0.900. The van der Waals surface area contributed by atoms with Crippen molar-refractivity contribution in [3.63, 3.8) is 0 Å². The van der Waals surface area contributed by atoms with Crippen LogP contribution in [0.2, 0.25) is 0 Å². The van der Waals surface area contributed by atoms with Crippen LogP contribution in [0.4, 0.5) is 10.1 Å². The molecule has 0 aliphatic carbocycles. The van der Waals surface area contributed by atoms with E-state index in [1.54, 1.807) is 24.3 Å². The minimum atomic E-state index is -1.30. The number of nitrogens with two attached hydrogens (primary N) is 1. The third-order valence-electron chi connectivity index (χ3n) is 1.43. The number of benzene rings is 1. The predicted molar refractivity (Wildman–Crippen MR) is 48.1 cm³/mol. The predicted octanol–water partition coefficient (Wildman–Crippen LogP) is 1.35. The van der Waals surface area contributed by atoms with Gasteiger partial charge < -0.3 is 5.73 Å². The van der Waals surface area contributed by atoms with Gasteiger partial charge >= 0.3 is 0 Å². The second kappa shape index (κ2) is 4.21. The number of rotatable bonds is 3. The van der Waals surface area contributed by atoms with E-state index in [-0.39, 0.29) is 5.75 Å². The summed E-state index contributed by atoms with van der Waals surface area (Å²) >= 11 is 0. The Labute approximate surface area is 73.0 Å². The smallest absolute Gasteiger partial charge is 0.101 e. The molecule has 0 saturated carbocycles. The van der Waals surface area contributed by atoms with Crippen LogP contribution in [0.15, 0.2) is 29.2 Å². The molecule has 0 aliphatic rings. The average Bonchev–Trinajstić information content (AvgIpc) is 2.05. The van der Waals surface area contributed by atoms with E-state index in [1.165, 1.54) is 0 Å². The van der Waals surface area contributed by atoms with E-state index >= 15 is 0 Å². The molecule has 0 amide bonds. The minimum absolute atomic E-state index is 0.0220. The van der Waals surface area contributed by atoms with Gasteiger partial charge in [-0.15, -0.1) is 0 Å². The molecule has 1 unspecified atom stereocenters. The fraction of sp³-hybridized carbons (Fsp3) is 0.250. The molecular weight excluding hydrogens is 177 g/mol. The number of halogens is 1. The van der Waals surface area contributed by atoms with Gasteiger partial charge in [0.15, 0.2) is 0 Å². The molecule has 0 spiro atoms. The van der Waals surface area contributed by atoms with Gasteiger partial charge in [-0.1, -0.05) is 12.1 Å². The second-order valence-electron chi connectivity index (χ2n) is 2.28. The first-order chi connectivity index (χ1) is 5.75. The van der Waals surface area contributed by atoms with Gasteiger partial charge in [0.2, 0.25) is 0 Å². The monoisotopic (exact) mass is 187 g/mol. The van der Waals surface area contributed by atoms with Crippen LogP contribution < -0.4 is 5.73 Å². The fourth-order valence-electron chi connectivity index (χ4n) is 0.868. The van der Waals surface area contributed by atoms with Gasteiger partial charge in [0.1, 0.15) is 6.67 Å². The topological polar surface area (TPSA) is 43.1 Å². The summed E-state index contributed by atoms with van der Waals surface area (Å²) in [6.07, 6.45) is 0. The highest BCUT2D eigenvalue weighted by atomic mass is 32.2. The highest BCUT2D eigenvalue weighted by Crippen LogP contribution is 2.15. The first kappa shape index (κ1) is 9.19. The van der Waals surface area contributed by atoms with Crippen molar-refractivity contribution in [3.8, 4) is 0 Å². The molecule has 0 aliphatic heterocycles. The Bertz CT molecular complexity index is 290. The number of anilines is 1. The van der Waals surface area contributed by atoms with Crippen LogP contribution in [0.25, 0.3) is 0 Å². The van der Waals surface area contributed by atoms with Gasteiger partial charge in [-0.3, -0.25) is 8.60 Å². The summed E-state index contributed by atoms with van der Waals surface area (Å²) in [5.41, 5.74) is 6.00.